The summed E-state index contributed by atoms with van der Waals surface area (Å²) in [5.41, 5.74) is 0. The second kappa shape index (κ2) is 3.50. The van der Waals surface area contributed by atoms with Crippen LogP contribution in [0.5, 0.6) is 0 Å². The maximum Gasteiger partial charge on any atom is 0.233 e. The highest BCUT2D eigenvalue weighted by Crippen LogP contribution is 2.41. The van der Waals surface area contributed by atoms with E-state index in [4.69, 9.17) is 0 Å². The van der Waals surface area contributed by atoms with Crippen LogP contribution in [0.3, 0.4) is 0 Å². The minimum absolute atomic E-state index is 0.0919. The van der Waals surface area contributed by atoms with Gasteiger partial charge in [-0.3, -0.25) is 4.79 Å². The fourth-order valence-corrected chi connectivity index (χ4v) is 2.30. The number of hydrogen-bond donors (Lipinski definition) is 2. The van der Waals surface area contributed by atoms with Gasteiger partial charge in [-0.1, -0.05) is 0 Å². The molecule has 0 spiro atoms. The Labute approximate surface area is 83.0 Å². The van der Waals surface area contributed by atoms with E-state index in [0.29, 0.717) is 6.04 Å². The van der Waals surface area contributed by atoms with Crippen LogP contribution < -0.4 is 10.6 Å². The predicted octanol–water partition coefficient (Wildman–Crippen LogP) is 0.0719. The van der Waals surface area contributed by atoms with Crippen molar-refractivity contribution in [1.29, 1.82) is 0 Å². The lowest BCUT2D eigenvalue weighted by Crippen LogP contribution is -2.36. The van der Waals surface area contributed by atoms with Crippen molar-refractivity contribution in [1.82, 2.24) is 10.6 Å². The minimum atomic E-state index is 0.0919. The average molecular weight is 200 g/mol. The number of fused-ring (bicyclic) bond motifs is 1. The molecular weight excluding hydrogens is 184 g/mol. The Morgan fingerprint density at radius 2 is 2.15 bits per heavy atom. The Kier molecular flexibility index (Phi) is 2.51. The lowest BCUT2D eigenvalue weighted by molar-refractivity contribution is -0.120. The van der Waals surface area contributed by atoms with Crippen molar-refractivity contribution in [3.63, 3.8) is 0 Å². The fourth-order valence-electron chi connectivity index (χ4n) is 2.02. The molecule has 74 valence electrons. The summed E-state index contributed by atoms with van der Waals surface area (Å²) in [7, 11) is 0. The third-order valence-electron chi connectivity index (χ3n) is 3.12. The molecule has 1 amide bonds. The van der Waals surface area contributed by atoms with Gasteiger partial charge in [-0.2, -0.15) is 11.8 Å². The summed E-state index contributed by atoms with van der Waals surface area (Å²) in [6.45, 7) is 4.13. The zero-order valence-corrected chi connectivity index (χ0v) is 8.86. The Hall–Kier alpha value is -0.220. The van der Waals surface area contributed by atoms with E-state index in [2.05, 4.69) is 10.6 Å². The monoisotopic (exact) mass is 200 g/mol. The highest BCUT2D eigenvalue weighted by molar-refractivity contribution is 7.99. The zero-order valence-electron chi connectivity index (χ0n) is 8.04. The van der Waals surface area contributed by atoms with Gasteiger partial charge in [-0.15, -0.1) is 0 Å². The smallest absolute Gasteiger partial charge is 0.233 e. The summed E-state index contributed by atoms with van der Waals surface area (Å²) >= 11 is 1.60. The second-order valence-electron chi connectivity index (χ2n) is 3.90. The minimum Gasteiger partial charge on any atom is -0.352 e. The molecule has 0 bridgehead atoms. The van der Waals surface area contributed by atoms with Crippen molar-refractivity contribution < 1.29 is 4.79 Å². The van der Waals surface area contributed by atoms with E-state index in [1.54, 1.807) is 11.8 Å². The molecule has 4 heteroatoms. The number of amides is 1. The first-order valence-corrected chi connectivity index (χ1v) is 6.06. The Bertz CT molecular complexity index is 212. The van der Waals surface area contributed by atoms with Gasteiger partial charge in [0.25, 0.3) is 0 Å². The fraction of sp³-hybridized carbons (Fsp3) is 0.889. The Balaban J connectivity index is 1.77. The SMILES string of the molecule is CSC(C)C(=O)NC1C2CNCC21. The number of hydrogen-bond acceptors (Lipinski definition) is 3. The molecule has 13 heavy (non-hydrogen) atoms. The number of rotatable bonds is 3. The number of piperidine rings is 1. The van der Waals surface area contributed by atoms with Crippen LogP contribution in [0.25, 0.3) is 0 Å². The predicted molar refractivity (Wildman–Crippen MR) is 54.8 cm³/mol. The highest BCUT2D eigenvalue weighted by atomic mass is 32.2. The number of carbonyl (C=O) groups is 1. The summed E-state index contributed by atoms with van der Waals surface area (Å²) in [5, 5.41) is 6.51. The largest absolute Gasteiger partial charge is 0.352 e. The van der Waals surface area contributed by atoms with E-state index in [0.717, 1.165) is 24.9 Å². The molecule has 1 saturated carbocycles. The molecule has 1 aliphatic heterocycles. The van der Waals surface area contributed by atoms with E-state index in [9.17, 15) is 4.79 Å². The standard InChI is InChI=1S/C9H16N2OS/c1-5(13-2)9(12)11-8-6-3-10-4-7(6)8/h5-8,10H,3-4H2,1-2H3,(H,11,12). The molecular formula is C9H16N2OS. The van der Waals surface area contributed by atoms with E-state index in [1.165, 1.54) is 0 Å². The topological polar surface area (TPSA) is 41.1 Å². The summed E-state index contributed by atoms with van der Waals surface area (Å²) in [6.07, 6.45) is 1.97. The van der Waals surface area contributed by atoms with Crippen molar-refractivity contribution in [2.45, 2.75) is 18.2 Å². The van der Waals surface area contributed by atoms with Crippen LogP contribution in [0.15, 0.2) is 0 Å². The first-order chi connectivity index (χ1) is 6.24. The van der Waals surface area contributed by atoms with Crippen molar-refractivity contribution in [3.8, 4) is 0 Å². The third kappa shape index (κ3) is 1.70. The van der Waals surface area contributed by atoms with E-state index < -0.39 is 0 Å². The molecule has 1 aliphatic carbocycles. The molecule has 1 saturated heterocycles. The molecule has 2 aliphatic rings. The van der Waals surface area contributed by atoms with Crippen molar-refractivity contribution in [2.75, 3.05) is 19.3 Å². The van der Waals surface area contributed by atoms with Gasteiger partial charge in [0.2, 0.25) is 5.91 Å². The van der Waals surface area contributed by atoms with Gasteiger partial charge in [0.1, 0.15) is 0 Å². The van der Waals surface area contributed by atoms with E-state index >= 15 is 0 Å². The molecule has 0 aromatic rings. The average Bonchev–Trinajstić information content (AvgIpc) is 2.63. The van der Waals surface area contributed by atoms with Gasteiger partial charge in [0.15, 0.2) is 0 Å². The van der Waals surface area contributed by atoms with Crippen LogP contribution in [0.4, 0.5) is 0 Å². The van der Waals surface area contributed by atoms with Crippen molar-refractivity contribution >= 4 is 17.7 Å². The van der Waals surface area contributed by atoms with Gasteiger partial charge in [0.05, 0.1) is 5.25 Å². The zero-order chi connectivity index (χ0) is 9.42. The van der Waals surface area contributed by atoms with Gasteiger partial charge < -0.3 is 10.6 Å². The Morgan fingerprint density at radius 3 is 2.69 bits per heavy atom. The molecule has 0 aromatic carbocycles. The van der Waals surface area contributed by atoms with Crippen LogP contribution in [0.2, 0.25) is 0 Å². The van der Waals surface area contributed by atoms with Crippen LogP contribution in [0, 0.1) is 11.8 Å². The summed E-state index contributed by atoms with van der Waals surface area (Å²) < 4.78 is 0. The molecule has 0 radical (unpaired) electrons. The van der Waals surface area contributed by atoms with Crippen molar-refractivity contribution in [2.24, 2.45) is 11.8 Å². The summed E-state index contributed by atoms with van der Waals surface area (Å²) in [4.78, 5) is 11.5. The lowest BCUT2D eigenvalue weighted by atomic mass is 10.4. The second-order valence-corrected chi connectivity index (χ2v) is 5.08. The maximum atomic E-state index is 11.5. The van der Waals surface area contributed by atoms with Gasteiger partial charge in [-0.05, 0) is 25.0 Å². The van der Waals surface area contributed by atoms with E-state index in [1.807, 2.05) is 13.2 Å². The highest BCUT2D eigenvalue weighted by Gasteiger charge is 2.53. The summed E-state index contributed by atoms with van der Waals surface area (Å²) in [5.74, 6) is 1.64. The number of nitrogens with one attached hydrogen (secondary N) is 2. The molecule has 2 N–H and O–H groups in total. The molecule has 3 atom stereocenters. The lowest BCUT2D eigenvalue weighted by Gasteiger charge is -2.11. The van der Waals surface area contributed by atoms with Crippen LogP contribution in [-0.4, -0.2) is 36.5 Å². The number of thioether (sulfide) groups is 1. The molecule has 1 heterocycles. The molecule has 2 fully saturated rings. The van der Waals surface area contributed by atoms with Gasteiger partial charge in [-0.25, -0.2) is 0 Å². The van der Waals surface area contributed by atoms with Crippen molar-refractivity contribution in [3.05, 3.63) is 0 Å². The maximum absolute atomic E-state index is 11.5. The van der Waals surface area contributed by atoms with Gasteiger partial charge in [0, 0.05) is 19.1 Å². The third-order valence-corrected chi connectivity index (χ3v) is 4.04. The van der Waals surface area contributed by atoms with Gasteiger partial charge >= 0.3 is 0 Å². The first-order valence-electron chi connectivity index (χ1n) is 4.78. The van der Waals surface area contributed by atoms with E-state index in [-0.39, 0.29) is 11.2 Å². The molecule has 3 nitrogen and oxygen atoms in total. The molecule has 3 unspecified atom stereocenters. The van der Waals surface area contributed by atoms with Crippen LogP contribution in [-0.2, 0) is 4.79 Å². The normalized spacial score (nSPS) is 38.2. The quantitative estimate of drug-likeness (QED) is 0.677. The molecule has 2 rings (SSSR count). The van der Waals surface area contributed by atoms with Crippen LogP contribution in [0.1, 0.15) is 6.92 Å². The molecule has 0 aromatic heterocycles. The van der Waals surface area contributed by atoms with Crippen LogP contribution >= 0.6 is 11.8 Å². The number of carbonyl (C=O) groups excluding carboxylic acids is 1. The summed E-state index contributed by atoms with van der Waals surface area (Å²) in [6, 6.07) is 0.475. The first kappa shape index (κ1) is 9.34. The Morgan fingerprint density at radius 1 is 1.54 bits per heavy atom.